The second-order valence-electron chi connectivity index (χ2n) is 23.5. The van der Waals surface area contributed by atoms with Crippen LogP contribution in [0.25, 0.3) is 43.4 Å². The van der Waals surface area contributed by atoms with E-state index in [0.29, 0.717) is 0 Å². The van der Waals surface area contributed by atoms with Crippen LogP contribution in [-0.4, -0.2) is 6.71 Å². The van der Waals surface area contributed by atoms with Crippen molar-refractivity contribution in [2.45, 2.75) is 105 Å². The molecule has 2 aliphatic heterocycles. The van der Waals surface area contributed by atoms with Crippen molar-refractivity contribution in [3.8, 4) is 11.1 Å². The Hall–Kier alpha value is -6.58. The van der Waals surface area contributed by atoms with Crippen LogP contribution in [0.3, 0.4) is 0 Å². The molecule has 0 saturated heterocycles. The Kier molecular flexibility index (Phi) is 9.61. The fraction of sp³-hybridized carbons (Fsp3) is 0.250. The van der Waals surface area contributed by atoms with Crippen LogP contribution in [0.2, 0.25) is 0 Å². The maximum Gasteiger partial charge on any atom is 0.252 e. The zero-order valence-corrected chi connectivity index (χ0v) is 41.6. The molecule has 0 fully saturated rings. The van der Waals surface area contributed by atoms with E-state index >= 15 is 0 Å². The van der Waals surface area contributed by atoms with Gasteiger partial charge in [-0.25, -0.2) is 0 Å². The predicted octanol–water partition coefficient (Wildman–Crippen LogP) is 16.1. The van der Waals surface area contributed by atoms with E-state index in [1.54, 1.807) is 0 Å². The summed E-state index contributed by atoms with van der Waals surface area (Å²) in [4.78, 5) is 5.17. The minimum Gasteiger partial charge on any atom is -0.311 e. The lowest BCUT2D eigenvalue weighted by Gasteiger charge is -2.45. The molecular formula is C64H63BN2. The third-order valence-corrected chi connectivity index (χ3v) is 14.9. The summed E-state index contributed by atoms with van der Waals surface area (Å²) in [6.45, 7) is 28.0. The Labute approximate surface area is 399 Å². The van der Waals surface area contributed by atoms with Crippen LogP contribution in [-0.2, 0) is 21.7 Å². The van der Waals surface area contributed by atoms with Crippen LogP contribution in [0.1, 0.15) is 105 Å². The number of hydrogen-bond acceptors (Lipinski definition) is 2. The van der Waals surface area contributed by atoms with Crippen LogP contribution >= 0.6 is 0 Å². The highest BCUT2D eigenvalue weighted by Crippen LogP contribution is 2.50. The summed E-state index contributed by atoms with van der Waals surface area (Å²) in [5, 5.41) is 7.72. The van der Waals surface area contributed by atoms with Crippen LogP contribution < -0.4 is 26.2 Å². The maximum absolute atomic E-state index is 2.63. The highest BCUT2D eigenvalue weighted by atomic mass is 15.2. The van der Waals surface area contributed by atoms with Gasteiger partial charge in [-0.15, -0.1) is 0 Å². The molecule has 332 valence electrons. The van der Waals surface area contributed by atoms with Crippen molar-refractivity contribution in [2.75, 3.05) is 9.80 Å². The monoisotopic (exact) mass is 871 g/mol. The largest absolute Gasteiger partial charge is 0.311 e. The van der Waals surface area contributed by atoms with E-state index in [4.69, 9.17) is 0 Å². The number of fused-ring (bicyclic) bond motifs is 10. The van der Waals surface area contributed by atoms with Crippen molar-refractivity contribution in [1.82, 2.24) is 0 Å². The summed E-state index contributed by atoms with van der Waals surface area (Å²) in [5.74, 6) is 0. The van der Waals surface area contributed by atoms with Gasteiger partial charge >= 0.3 is 0 Å². The van der Waals surface area contributed by atoms with Crippen molar-refractivity contribution in [3.05, 3.63) is 186 Å². The van der Waals surface area contributed by atoms with Crippen LogP contribution in [0.15, 0.2) is 164 Å². The molecule has 9 aromatic carbocycles. The molecule has 2 aliphatic rings. The number of anilines is 6. The Bertz CT molecular complexity index is 3410. The number of rotatable bonds is 3. The van der Waals surface area contributed by atoms with Gasteiger partial charge in [-0.3, -0.25) is 0 Å². The molecule has 0 N–H and O–H groups in total. The second kappa shape index (κ2) is 15.0. The molecule has 11 rings (SSSR count). The standard InChI is InChI=1S/C64H63BN2/c1-61(2,3)40-27-32-44(33-28-40)66-55-35-30-42(63(7,8)9)38-52(55)65-53-39-43(64(10,11)12)31-36-56(53)67(58-26-18-25-57(66)60(58)65)54-34-29-41(62(4,5)6)37-51(54)50-24-17-23-49-47-20-14-13-19-45(47)46-21-15-16-22-48(46)59(49)50/h13-39H,1-12H3. The van der Waals surface area contributed by atoms with Crippen LogP contribution in [0.5, 0.6) is 0 Å². The van der Waals surface area contributed by atoms with Gasteiger partial charge in [0.2, 0.25) is 0 Å². The van der Waals surface area contributed by atoms with Gasteiger partial charge in [0, 0.05) is 34.0 Å². The van der Waals surface area contributed by atoms with Gasteiger partial charge in [0.1, 0.15) is 0 Å². The topological polar surface area (TPSA) is 6.48 Å². The number of nitrogens with zero attached hydrogens (tertiary/aromatic N) is 2. The summed E-state index contributed by atoms with van der Waals surface area (Å²) in [7, 11) is 0. The van der Waals surface area contributed by atoms with Crippen molar-refractivity contribution >= 4 is 89.5 Å². The molecule has 3 heteroatoms. The predicted molar refractivity (Wildman–Crippen MR) is 293 cm³/mol. The lowest BCUT2D eigenvalue weighted by Crippen LogP contribution is -2.61. The third kappa shape index (κ3) is 6.91. The molecule has 0 aromatic heterocycles. The van der Waals surface area contributed by atoms with Gasteiger partial charge in [0.25, 0.3) is 6.71 Å². The first-order valence-corrected chi connectivity index (χ1v) is 24.4. The molecule has 0 unspecified atom stereocenters. The molecule has 0 atom stereocenters. The zero-order valence-electron chi connectivity index (χ0n) is 41.6. The minimum atomic E-state index is -0.0669. The van der Waals surface area contributed by atoms with Gasteiger partial charge in [-0.2, -0.15) is 0 Å². The summed E-state index contributed by atoms with van der Waals surface area (Å²) >= 11 is 0. The molecule has 9 aromatic rings. The van der Waals surface area contributed by atoms with E-state index in [1.807, 2.05) is 0 Å². The Morgan fingerprint density at radius 3 is 1.24 bits per heavy atom. The lowest BCUT2D eigenvalue weighted by molar-refractivity contribution is 0.590. The minimum absolute atomic E-state index is 0.0207. The fourth-order valence-electron chi connectivity index (χ4n) is 11.1. The molecule has 67 heavy (non-hydrogen) atoms. The zero-order chi connectivity index (χ0) is 46.9. The summed E-state index contributed by atoms with van der Waals surface area (Å²) in [5.41, 5.74) is 19.1. The molecule has 0 radical (unpaired) electrons. The Morgan fingerprint density at radius 1 is 0.313 bits per heavy atom. The van der Waals surface area contributed by atoms with Gasteiger partial charge in [-0.1, -0.05) is 198 Å². The Balaban J connectivity index is 1.25. The van der Waals surface area contributed by atoms with E-state index in [-0.39, 0.29) is 28.4 Å². The molecule has 0 saturated carbocycles. The first-order valence-electron chi connectivity index (χ1n) is 24.4. The molecule has 0 bridgehead atoms. The van der Waals surface area contributed by atoms with Crippen molar-refractivity contribution in [1.29, 1.82) is 0 Å². The average Bonchev–Trinajstić information content (AvgIpc) is 3.30. The van der Waals surface area contributed by atoms with Crippen molar-refractivity contribution in [3.63, 3.8) is 0 Å². The quantitative estimate of drug-likeness (QED) is 0.129. The second-order valence-corrected chi connectivity index (χ2v) is 23.5. The normalized spacial score (nSPS) is 13.9. The molecule has 0 amide bonds. The summed E-state index contributed by atoms with van der Waals surface area (Å²) in [6.07, 6.45) is 0. The SMILES string of the molecule is CC(C)(C)c1ccc(N2c3ccc(C(C)(C)C)cc3B3c4cc(C(C)(C)C)ccc4N(c4ccc(C(C)(C)C)cc4-c4cccc5c6ccccc6c6ccccc6c45)c4cccc2c43)cc1. The first-order chi connectivity index (χ1) is 31.8. The summed E-state index contributed by atoms with van der Waals surface area (Å²) < 4.78 is 0. The van der Waals surface area contributed by atoms with Crippen molar-refractivity contribution < 1.29 is 0 Å². The molecule has 2 nitrogen and oxygen atoms in total. The molecular weight excluding hydrogens is 808 g/mol. The van der Waals surface area contributed by atoms with Gasteiger partial charge < -0.3 is 9.80 Å². The van der Waals surface area contributed by atoms with Crippen LogP contribution in [0.4, 0.5) is 34.1 Å². The van der Waals surface area contributed by atoms with Crippen molar-refractivity contribution in [2.24, 2.45) is 0 Å². The molecule has 0 spiro atoms. The Morgan fingerprint density at radius 2 is 0.716 bits per heavy atom. The van der Waals surface area contributed by atoms with Gasteiger partial charge in [0.15, 0.2) is 0 Å². The smallest absolute Gasteiger partial charge is 0.252 e. The first kappa shape index (κ1) is 43.0. The number of hydrogen-bond donors (Lipinski definition) is 0. The maximum atomic E-state index is 2.63. The highest BCUT2D eigenvalue weighted by Gasteiger charge is 2.44. The van der Waals surface area contributed by atoms with Crippen LogP contribution in [0, 0.1) is 0 Å². The van der Waals surface area contributed by atoms with E-state index in [2.05, 4.69) is 257 Å². The van der Waals surface area contributed by atoms with E-state index in [1.165, 1.54) is 116 Å². The third-order valence-electron chi connectivity index (χ3n) is 14.9. The van der Waals surface area contributed by atoms with Gasteiger partial charge in [-0.05, 0) is 147 Å². The van der Waals surface area contributed by atoms with E-state index < -0.39 is 0 Å². The highest BCUT2D eigenvalue weighted by molar-refractivity contribution is 7.00. The average molecular weight is 871 g/mol. The van der Waals surface area contributed by atoms with E-state index in [9.17, 15) is 0 Å². The van der Waals surface area contributed by atoms with E-state index in [0.717, 1.165) is 0 Å². The molecule has 2 heterocycles. The van der Waals surface area contributed by atoms with Gasteiger partial charge in [0.05, 0.1) is 5.69 Å². The lowest BCUT2D eigenvalue weighted by atomic mass is 9.33. The molecule has 0 aliphatic carbocycles. The fourth-order valence-corrected chi connectivity index (χ4v) is 11.1. The number of benzene rings is 9. The summed E-state index contributed by atoms with van der Waals surface area (Å²) in [6, 6.07) is 63.3.